The molecule has 0 aliphatic carbocycles. The van der Waals surface area contributed by atoms with E-state index in [9.17, 15) is 18.8 Å². The van der Waals surface area contributed by atoms with Crippen molar-refractivity contribution in [3.8, 4) is 10.4 Å². The molecule has 0 spiro atoms. The summed E-state index contributed by atoms with van der Waals surface area (Å²) < 4.78 is 13.1. The lowest BCUT2D eigenvalue weighted by atomic mass is 9.96. The number of benzene rings is 1. The molecule has 0 atom stereocenters. The smallest absolute Gasteiger partial charge is 0.279 e. The quantitative estimate of drug-likeness (QED) is 0.583. The fraction of sp³-hybridized carbons (Fsp3) is 0.227. The Morgan fingerprint density at radius 3 is 2.35 bits per heavy atom. The Labute approximate surface area is 186 Å². The summed E-state index contributed by atoms with van der Waals surface area (Å²) in [7, 11) is 0. The zero-order chi connectivity index (χ0) is 21.8. The highest BCUT2D eigenvalue weighted by Crippen LogP contribution is 2.28. The number of amides is 3. The van der Waals surface area contributed by atoms with Crippen molar-refractivity contribution >= 4 is 40.4 Å². The van der Waals surface area contributed by atoms with Crippen molar-refractivity contribution in [1.29, 1.82) is 0 Å². The van der Waals surface area contributed by atoms with Crippen LogP contribution in [0.4, 0.5) is 4.39 Å². The summed E-state index contributed by atoms with van der Waals surface area (Å²) in [5.74, 6) is -1.24. The summed E-state index contributed by atoms with van der Waals surface area (Å²) in [6.45, 7) is 1.02. The minimum absolute atomic E-state index is 0.00295. The topological polar surface area (TPSA) is 78.5 Å². The summed E-state index contributed by atoms with van der Waals surface area (Å²) in [6.07, 6.45) is 1.10. The zero-order valence-electron chi connectivity index (χ0n) is 16.5. The molecule has 31 heavy (non-hydrogen) atoms. The Bertz CT molecular complexity index is 1070. The van der Waals surface area contributed by atoms with Crippen molar-refractivity contribution in [2.45, 2.75) is 12.8 Å². The van der Waals surface area contributed by atoms with Gasteiger partial charge in [0.2, 0.25) is 5.91 Å². The third-order valence-corrected chi connectivity index (χ3v) is 7.13. The van der Waals surface area contributed by atoms with E-state index in [-0.39, 0.29) is 23.5 Å². The molecule has 1 aliphatic heterocycles. The van der Waals surface area contributed by atoms with Crippen LogP contribution >= 0.6 is 22.7 Å². The van der Waals surface area contributed by atoms with Crippen molar-refractivity contribution in [3.63, 3.8) is 0 Å². The van der Waals surface area contributed by atoms with Crippen LogP contribution in [0.5, 0.6) is 0 Å². The van der Waals surface area contributed by atoms with Crippen LogP contribution in [0.3, 0.4) is 0 Å². The van der Waals surface area contributed by atoms with E-state index in [0.717, 1.165) is 10.4 Å². The van der Waals surface area contributed by atoms with Crippen LogP contribution in [-0.2, 0) is 4.79 Å². The highest BCUT2D eigenvalue weighted by molar-refractivity contribution is 7.17. The molecular weight excluding hydrogens is 437 g/mol. The molecular formula is C22H20FN3O3S2. The molecule has 0 saturated carbocycles. The molecule has 0 bridgehead atoms. The van der Waals surface area contributed by atoms with Crippen molar-refractivity contribution in [2.75, 3.05) is 13.1 Å². The van der Waals surface area contributed by atoms with Gasteiger partial charge in [-0.25, -0.2) is 4.39 Å². The summed E-state index contributed by atoms with van der Waals surface area (Å²) in [5.41, 5.74) is 5.77. The lowest BCUT2D eigenvalue weighted by Crippen LogP contribution is -2.48. The largest absolute Gasteiger partial charge is 0.338 e. The van der Waals surface area contributed by atoms with E-state index < -0.39 is 5.91 Å². The molecule has 6 nitrogen and oxygen atoms in total. The van der Waals surface area contributed by atoms with Crippen molar-refractivity contribution in [2.24, 2.45) is 5.92 Å². The van der Waals surface area contributed by atoms with Gasteiger partial charge in [-0.1, -0.05) is 18.2 Å². The van der Waals surface area contributed by atoms with E-state index in [0.29, 0.717) is 35.7 Å². The number of hydrogen-bond donors (Lipinski definition) is 2. The lowest BCUT2D eigenvalue weighted by molar-refractivity contribution is -0.127. The Kier molecular flexibility index (Phi) is 6.43. The molecule has 2 N–H and O–H groups in total. The lowest BCUT2D eigenvalue weighted by Gasteiger charge is -2.31. The number of carbonyl (C=O) groups excluding carboxylic acids is 3. The molecule has 3 aromatic rings. The van der Waals surface area contributed by atoms with Gasteiger partial charge in [0.1, 0.15) is 5.82 Å². The first-order chi connectivity index (χ1) is 15.0. The third-order valence-electron chi connectivity index (χ3n) is 5.14. The second-order valence-corrected chi connectivity index (χ2v) is 9.19. The van der Waals surface area contributed by atoms with Gasteiger partial charge in [-0.05, 0) is 54.1 Å². The predicted octanol–water partition coefficient (Wildman–Crippen LogP) is 3.93. The molecule has 2 aromatic heterocycles. The van der Waals surface area contributed by atoms with Gasteiger partial charge in [0.25, 0.3) is 11.8 Å². The first-order valence-electron chi connectivity index (χ1n) is 9.80. The van der Waals surface area contributed by atoms with Crippen LogP contribution in [-0.4, -0.2) is 35.7 Å². The summed E-state index contributed by atoms with van der Waals surface area (Å²) in [6, 6.07) is 13.1. The maximum Gasteiger partial charge on any atom is 0.279 e. The number of nitrogens with one attached hydrogen (secondary N) is 2. The van der Waals surface area contributed by atoms with E-state index in [1.807, 2.05) is 11.4 Å². The third kappa shape index (κ3) is 5.00. The standard InChI is InChI=1S/C22H20FN3O3S2/c23-16-5-3-14(4-6-16)17-7-8-18(31-17)21(28)25-24-20(27)15-9-11-26(12-10-15)22(29)19-2-1-13-30-19/h1-8,13,15H,9-12H2,(H,24,27)(H,25,28). The SMILES string of the molecule is O=C(NNC(=O)C1CCN(C(=O)c2cccs2)CC1)c1ccc(-c2ccc(F)cc2)s1. The van der Waals surface area contributed by atoms with Crippen LogP contribution in [0.1, 0.15) is 32.2 Å². The van der Waals surface area contributed by atoms with Crippen LogP contribution in [0.25, 0.3) is 10.4 Å². The number of likely N-dealkylation sites (tertiary alicyclic amines) is 1. The van der Waals surface area contributed by atoms with Crippen molar-refractivity contribution < 1.29 is 18.8 Å². The second-order valence-electron chi connectivity index (χ2n) is 7.16. The molecule has 160 valence electrons. The van der Waals surface area contributed by atoms with Gasteiger partial charge in [0.05, 0.1) is 9.75 Å². The number of hydrazine groups is 1. The predicted molar refractivity (Wildman–Crippen MR) is 118 cm³/mol. The van der Waals surface area contributed by atoms with Crippen molar-refractivity contribution in [1.82, 2.24) is 15.8 Å². The van der Waals surface area contributed by atoms with Gasteiger partial charge in [-0.3, -0.25) is 25.2 Å². The Morgan fingerprint density at radius 1 is 0.935 bits per heavy atom. The number of piperidine rings is 1. The first kappa shape index (κ1) is 21.2. The van der Waals surface area contributed by atoms with E-state index in [1.54, 1.807) is 35.2 Å². The van der Waals surface area contributed by atoms with Gasteiger partial charge >= 0.3 is 0 Å². The minimum atomic E-state index is -0.406. The number of nitrogens with zero attached hydrogens (tertiary/aromatic N) is 1. The normalized spacial score (nSPS) is 14.3. The monoisotopic (exact) mass is 457 g/mol. The van der Waals surface area contributed by atoms with Crippen molar-refractivity contribution in [3.05, 3.63) is 69.5 Å². The van der Waals surface area contributed by atoms with Gasteiger partial charge in [-0.2, -0.15) is 0 Å². The van der Waals surface area contributed by atoms with Crippen LogP contribution < -0.4 is 10.9 Å². The fourth-order valence-electron chi connectivity index (χ4n) is 3.41. The summed E-state index contributed by atoms with van der Waals surface area (Å²) in [5, 5.41) is 1.87. The van der Waals surface area contributed by atoms with E-state index in [2.05, 4.69) is 10.9 Å². The Hall–Kier alpha value is -3.04. The molecule has 0 unspecified atom stereocenters. The van der Waals surface area contributed by atoms with Gasteiger partial charge in [0, 0.05) is 23.9 Å². The van der Waals surface area contributed by atoms with Crippen LogP contribution in [0.2, 0.25) is 0 Å². The van der Waals surface area contributed by atoms with Gasteiger partial charge in [-0.15, -0.1) is 22.7 Å². The molecule has 9 heteroatoms. The molecule has 3 amide bonds. The van der Waals surface area contributed by atoms with E-state index in [1.165, 1.54) is 34.8 Å². The zero-order valence-corrected chi connectivity index (χ0v) is 18.1. The average Bonchev–Trinajstić information content (AvgIpc) is 3.50. The fourth-order valence-corrected chi connectivity index (χ4v) is 5.01. The minimum Gasteiger partial charge on any atom is -0.338 e. The molecule has 3 heterocycles. The summed E-state index contributed by atoms with van der Waals surface area (Å²) in [4.78, 5) is 40.9. The molecule has 0 radical (unpaired) electrons. The Balaban J connectivity index is 1.26. The van der Waals surface area contributed by atoms with E-state index in [4.69, 9.17) is 0 Å². The first-order valence-corrected chi connectivity index (χ1v) is 11.5. The van der Waals surface area contributed by atoms with E-state index >= 15 is 0 Å². The van der Waals surface area contributed by atoms with Gasteiger partial charge in [0.15, 0.2) is 0 Å². The number of thiophene rings is 2. The number of hydrogen-bond acceptors (Lipinski definition) is 5. The number of halogens is 1. The maximum absolute atomic E-state index is 13.1. The van der Waals surface area contributed by atoms with Gasteiger partial charge < -0.3 is 4.90 Å². The molecule has 1 aliphatic rings. The molecule has 4 rings (SSSR count). The maximum atomic E-state index is 13.1. The number of carbonyl (C=O) groups is 3. The highest BCUT2D eigenvalue weighted by Gasteiger charge is 2.28. The number of rotatable bonds is 4. The second kappa shape index (κ2) is 9.40. The van der Waals surface area contributed by atoms with Crippen LogP contribution in [0.15, 0.2) is 53.9 Å². The van der Waals surface area contributed by atoms with Crippen LogP contribution in [0, 0.1) is 11.7 Å². The molecule has 1 aromatic carbocycles. The summed E-state index contributed by atoms with van der Waals surface area (Å²) >= 11 is 2.67. The average molecular weight is 458 g/mol. The highest BCUT2D eigenvalue weighted by atomic mass is 32.1. The Morgan fingerprint density at radius 2 is 1.68 bits per heavy atom. The molecule has 1 fully saturated rings. The molecule has 1 saturated heterocycles.